The number of nitrogens with zero attached hydrogens (tertiary/aromatic N) is 6. The molecule has 13 rings (SSSR count). The van der Waals surface area contributed by atoms with Gasteiger partial charge in [0.2, 0.25) is 20.0 Å². The van der Waals surface area contributed by atoms with Crippen molar-refractivity contribution in [1.82, 2.24) is 30.2 Å². The van der Waals surface area contributed by atoms with Gasteiger partial charge in [0.1, 0.15) is 51.0 Å². The molecule has 6 aromatic carbocycles. The standard InChI is InChI=1S/C32H26F2N4O5S.C24H28BFN2O6S.C14H10ClFN2O/c1-35-31(39)29-24-14-22(23-15-26(36-37(2)32(23)40)19-12-18-6-5-7-25(34)21(18)13-19)27(38(3)44(4,41)42)16-28(24)43-30(29)17-8-10-20(33)11-9-17;1-23(2)24(3,4)34-25(33-23)17-12-16-19(13-18(17)28(6)35(7,30)31)32-21(20(16)22(29)27-5)14-8-10-15(26)11-9-14;1-18-14(19)11(15)7-13(17-18)9-5-8-3-2-4-12(16)10(8)6-9/h5-11,13-16H,12H2,1-4H3,(H,35,39);8-13H,1-7H3,(H,27,29);2-4,6-7H,5H2,1H3. The topological polar surface area (TPSA) is 247 Å². The van der Waals surface area contributed by atoms with E-state index in [1.54, 1.807) is 49.5 Å². The molecule has 20 nitrogen and oxygen atoms in total. The zero-order valence-corrected chi connectivity index (χ0v) is 57.4. The number of nitrogens with one attached hydrogen (secondary N) is 2. The van der Waals surface area contributed by atoms with Crippen molar-refractivity contribution in [3.63, 3.8) is 0 Å². The Morgan fingerprint density at radius 3 is 1.43 bits per heavy atom. The van der Waals surface area contributed by atoms with E-state index in [0.29, 0.717) is 74.0 Å². The first-order valence-electron chi connectivity index (χ1n) is 30.3. The van der Waals surface area contributed by atoms with Crippen LogP contribution in [0.15, 0.2) is 140 Å². The molecule has 2 aliphatic carbocycles. The second-order valence-corrected chi connectivity index (χ2v) is 29.0. The number of amides is 2. The van der Waals surface area contributed by atoms with Crippen LogP contribution in [0.5, 0.6) is 0 Å². The number of hydrogen-bond acceptors (Lipinski definition) is 14. The van der Waals surface area contributed by atoms with E-state index < -0.39 is 67.4 Å². The highest BCUT2D eigenvalue weighted by molar-refractivity contribution is 7.92. The third-order valence-corrected chi connectivity index (χ3v) is 20.3. The van der Waals surface area contributed by atoms with Crippen LogP contribution in [0.3, 0.4) is 0 Å². The molecule has 98 heavy (non-hydrogen) atoms. The minimum atomic E-state index is -3.83. The fourth-order valence-electron chi connectivity index (χ4n) is 11.5. The fraction of sp³-hybridized carbons (Fsp3) is 0.229. The molecule has 2 N–H and O–H groups in total. The van der Waals surface area contributed by atoms with Crippen molar-refractivity contribution in [2.24, 2.45) is 14.1 Å². The van der Waals surface area contributed by atoms with Crippen LogP contribution in [0.2, 0.25) is 5.02 Å². The van der Waals surface area contributed by atoms with Gasteiger partial charge in [0.15, 0.2) is 0 Å². The predicted molar refractivity (Wildman–Crippen MR) is 371 cm³/mol. The van der Waals surface area contributed by atoms with Crippen molar-refractivity contribution in [2.75, 3.05) is 49.3 Å². The number of carbonyl (C=O) groups is 2. The van der Waals surface area contributed by atoms with E-state index >= 15 is 0 Å². The van der Waals surface area contributed by atoms with E-state index in [9.17, 15) is 53.6 Å². The van der Waals surface area contributed by atoms with Gasteiger partial charge in [-0.2, -0.15) is 10.2 Å². The van der Waals surface area contributed by atoms with Gasteiger partial charge in [0.25, 0.3) is 22.9 Å². The van der Waals surface area contributed by atoms with Gasteiger partial charge in [-0.15, -0.1) is 0 Å². The van der Waals surface area contributed by atoms with Gasteiger partial charge in [-0.3, -0.25) is 27.8 Å². The molecule has 2 amide bonds. The van der Waals surface area contributed by atoms with Crippen LogP contribution in [0.4, 0.5) is 28.9 Å². The maximum atomic E-state index is 14.5. The lowest BCUT2D eigenvalue weighted by Crippen LogP contribution is -2.41. The lowest BCUT2D eigenvalue weighted by molar-refractivity contribution is 0.00578. The van der Waals surface area contributed by atoms with Gasteiger partial charge >= 0.3 is 7.12 Å². The van der Waals surface area contributed by atoms with E-state index in [2.05, 4.69) is 20.8 Å². The molecule has 0 radical (unpaired) electrons. The second-order valence-electron chi connectivity index (χ2n) is 24.6. The molecule has 506 valence electrons. The van der Waals surface area contributed by atoms with Gasteiger partial charge in [-0.25, -0.2) is 43.8 Å². The molecule has 1 fully saturated rings. The van der Waals surface area contributed by atoms with Crippen LogP contribution in [0, 0.1) is 23.3 Å². The molecule has 3 aliphatic rings. The molecular weight excluding hydrogens is 1330 g/mol. The molecule has 1 saturated heterocycles. The fourth-order valence-corrected chi connectivity index (χ4v) is 12.8. The first-order chi connectivity index (χ1) is 46.1. The Labute approximate surface area is 566 Å². The number of hydrogen-bond donors (Lipinski definition) is 2. The summed E-state index contributed by atoms with van der Waals surface area (Å²) in [4.78, 5) is 51.3. The smallest absolute Gasteiger partial charge is 0.455 e. The minimum absolute atomic E-state index is 0.106. The first-order valence-corrected chi connectivity index (χ1v) is 34.4. The minimum Gasteiger partial charge on any atom is -0.455 e. The summed E-state index contributed by atoms with van der Waals surface area (Å²) in [5.74, 6) is -2.05. The summed E-state index contributed by atoms with van der Waals surface area (Å²) >= 11 is 5.87. The maximum Gasteiger partial charge on any atom is 0.497 e. The highest BCUT2D eigenvalue weighted by atomic mass is 35.5. The highest BCUT2D eigenvalue weighted by Gasteiger charge is 2.53. The van der Waals surface area contributed by atoms with Crippen LogP contribution in [-0.2, 0) is 56.3 Å². The van der Waals surface area contributed by atoms with Gasteiger partial charge in [-0.1, -0.05) is 35.9 Å². The molecule has 0 atom stereocenters. The van der Waals surface area contributed by atoms with Crippen LogP contribution in [0.1, 0.15) is 82.1 Å². The Hall–Kier alpha value is -9.93. The highest BCUT2D eigenvalue weighted by Crippen LogP contribution is 2.44. The average molecular weight is 1400 g/mol. The molecule has 0 unspecified atom stereocenters. The first kappa shape index (κ1) is 69.4. The number of rotatable bonds is 12. The number of halogens is 5. The van der Waals surface area contributed by atoms with E-state index in [4.69, 9.17) is 29.7 Å². The number of allylic oxidation sites excluding steroid dienone is 2. The normalized spacial score (nSPS) is 14.4. The van der Waals surface area contributed by atoms with E-state index in [0.717, 1.165) is 42.5 Å². The summed E-state index contributed by atoms with van der Waals surface area (Å²) in [7, 11) is 0.338. The summed E-state index contributed by atoms with van der Waals surface area (Å²) in [6.07, 6.45) is 6.53. The Morgan fingerprint density at radius 2 is 1.00 bits per heavy atom. The average Bonchev–Trinajstić information content (AvgIpc) is 1.55. The van der Waals surface area contributed by atoms with Crippen LogP contribution in [0.25, 0.3) is 79.0 Å². The molecule has 0 bridgehead atoms. The Morgan fingerprint density at radius 1 is 0.582 bits per heavy atom. The van der Waals surface area contributed by atoms with Gasteiger partial charge in [0, 0.05) is 111 Å². The summed E-state index contributed by atoms with van der Waals surface area (Å²) in [5, 5.41) is 14.6. The number of anilines is 2. The number of fused-ring (bicyclic) bond motifs is 4. The van der Waals surface area contributed by atoms with Crippen molar-refractivity contribution in [3.05, 3.63) is 215 Å². The molecule has 1 aliphatic heterocycles. The third kappa shape index (κ3) is 13.2. The Kier molecular flexibility index (Phi) is 18.5. The molecule has 4 aromatic heterocycles. The molecule has 0 spiro atoms. The van der Waals surface area contributed by atoms with E-state index in [-0.39, 0.29) is 72.8 Å². The molecule has 5 heterocycles. The van der Waals surface area contributed by atoms with Crippen molar-refractivity contribution in [2.45, 2.75) is 51.7 Å². The summed E-state index contributed by atoms with van der Waals surface area (Å²) in [6.45, 7) is 7.58. The van der Waals surface area contributed by atoms with Crippen molar-refractivity contribution in [1.29, 1.82) is 0 Å². The van der Waals surface area contributed by atoms with Crippen LogP contribution in [-0.4, -0.2) is 107 Å². The zero-order chi connectivity index (χ0) is 71.0. The molecule has 10 aromatic rings. The predicted octanol–water partition coefficient (Wildman–Crippen LogP) is 11.0. The van der Waals surface area contributed by atoms with Crippen molar-refractivity contribution >= 4 is 113 Å². The lowest BCUT2D eigenvalue weighted by atomic mass is 9.77. The van der Waals surface area contributed by atoms with Crippen molar-refractivity contribution in [3.8, 4) is 33.8 Å². The van der Waals surface area contributed by atoms with Crippen LogP contribution >= 0.6 is 11.6 Å². The third-order valence-electron chi connectivity index (χ3n) is 17.7. The lowest BCUT2D eigenvalue weighted by Gasteiger charge is -2.32. The van der Waals surface area contributed by atoms with Crippen LogP contribution < -0.4 is 35.8 Å². The maximum absolute atomic E-state index is 14.5. The zero-order valence-electron chi connectivity index (χ0n) is 55.0. The number of sulfonamides is 2. The second kappa shape index (κ2) is 26.1. The number of benzene rings is 6. The monoisotopic (exact) mass is 1390 g/mol. The Balaban J connectivity index is 0.000000160. The van der Waals surface area contributed by atoms with Gasteiger partial charge in [0.05, 0.1) is 63.2 Å². The van der Waals surface area contributed by atoms with E-state index in [1.807, 2.05) is 39.8 Å². The SMILES string of the molecule is CNC(=O)c1c(-c2ccc(F)cc2)oc2cc(N(C)S(C)(=O)=O)c(-c3cc(C4=Cc5c(F)cccc5C4)nn(C)c3=O)cc12.CNC(=O)c1c(-c2ccc(F)cc2)oc2cc(N(C)S(C)(=O)=O)c(B3OC(C)(C)C(C)(C)O3)cc12.Cn1nc(C2=Cc3c(F)cccc3C2)cc(Cl)c1=O. The molecular formula is C70H64BClF4N8O12S2. The van der Waals surface area contributed by atoms with Crippen molar-refractivity contribution < 1.29 is 62.1 Å². The Bertz CT molecular complexity index is 5340. The molecule has 28 heteroatoms. The van der Waals surface area contributed by atoms with Gasteiger partial charge < -0.3 is 28.8 Å². The van der Waals surface area contributed by atoms with Gasteiger partial charge in [-0.05, 0) is 147 Å². The summed E-state index contributed by atoms with van der Waals surface area (Å²) in [5.41, 5.74) is 5.93. The van der Waals surface area contributed by atoms with E-state index in [1.165, 1.54) is 119 Å². The number of aryl methyl sites for hydroxylation is 2. The number of aromatic nitrogens is 4. The summed E-state index contributed by atoms with van der Waals surface area (Å²) in [6, 6.07) is 30.0. The quantitative estimate of drug-likeness (QED) is 0.0853. The number of carbonyl (C=O) groups excluding carboxylic acids is 2. The summed E-state index contributed by atoms with van der Waals surface area (Å²) < 4.78 is 135. The largest absolute Gasteiger partial charge is 0.497 e. The molecule has 0 saturated carbocycles. The number of furan rings is 2.